The minimum Gasteiger partial charge on any atom is -0.354 e. The summed E-state index contributed by atoms with van der Waals surface area (Å²) in [6, 6.07) is 14.2. The van der Waals surface area contributed by atoms with Crippen LogP contribution in [-0.4, -0.2) is 20.3 Å². The molecule has 0 atom stereocenters. The third-order valence-electron chi connectivity index (χ3n) is 5.70. The molecule has 0 N–H and O–H groups in total. The molecule has 5 rings (SSSR count). The van der Waals surface area contributed by atoms with Crippen LogP contribution in [0.1, 0.15) is 64.3 Å². The van der Waals surface area contributed by atoms with Crippen LogP contribution >= 0.6 is 0 Å². The first kappa shape index (κ1) is 23.6. The van der Waals surface area contributed by atoms with Crippen molar-refractivity contribution in [2.75, 3.05) is 0 Å². The molecule has 0 aliphatic heterocycles. The van der Waals surface area contributed by atoms with Gasteiger partial charge in [-0.15, -0.1) is 0 Å². The third-order valence-corrected chi connectivity index (χ3v) is 5.70. The highest BCUT2D eigenvalue weighted by atomic mass is 16.5. The van der Waals surface area contributed by atoms with Gasteiger partial charge in [-0.05, 0) is 26.0 Å². The lowest BCUT2D eigenvalue weighted by atomic mass is 9.90. The number of hydrogen-bond donors (Lipinski definition) is 0. The summed E-state index contributed by atoms with van der Waals surface area (Å²) in [5.41, 5.74) is 7.35. The second-order valence-electron chi connectivity index (χ2n) is 10.7. The van der Waals surface area contributed by atoms with Gasteiger partial charge in [0.05, 0.1) is 28.5 Å². The molecule has 176 valence electrons. The van der Waals surface area contributed by atoms with E-state index in [4.69, 9.17) is 14.0 Å². The van der Waals surface area contributed by atoms with E-state index in [0.29, 0.717) is 0 Å². The minimum atomic E-state index is -0.0883. The molecule has 6 nitrogen and oxygen atoms in total. The molecule has 4 heterocycles. The molecule has 5 aromatic rings. The van der Waals surface area contributed by atoms with Gasteiger partial charge in [0.25, 0.3) is 0 Å². The van der Waals surface area contributed by atoms with E-state index in [-0.39, 0.29) is 10.8 Å². The topological polar surface area (TPSA) is 77.8 Å². The Morgan fingerprint density at radius 1 is 0.676 bits per heavy atom. The van der Waals surface area contributed by atoms with Crippen molar-refractivity contribution in [3.05, 3.63) is 71.4 Å². The van der Waals surface area contributed by atoms with E-state index in [1.807, 2.05) is 44.3 Å². The summed E-state index contributed by atoms with van der Waals surface area (Å²) in [6.07, 6.45) is 1.81. The zero-order valence-corrected chi connectivity index (χ0v) is 21.2. The highest BCUT2D eigenvalue weighted by Gasteiger charge is 2.24. The van der Waals surface area contributed by atoms with Crippen molar-refractivity contribution < 1.29 is 9.05 Å². The Kier molecular flexibility index (Phi) is 6.02. The molecule has 0 amide bonds. The predicted molar refractivity (Wildman–Crippen MR) is 136 cm³/mol. The Labute approximate surface area is 200 Å². The number of aromatic nitrogens is 4. The normalized spacial score (nSPS) is 12.1. The van der Waals surface area contributed by atoms with Crippen LogP contribution in [0.5, 0.6) is 0 Å². The quantitative estimate of drug-likeness (QED) is 0.263. The summed E-state index contributed by atoms with van der Waals surface area (Å²) in [7, 11) is 0. The molecule has 0 saturated carbocycles. The molecular weight excluding hydrogens is 424 g/mol. The Balaban J connectivity index is 0.000000172. The molecular formula is C28H32N4O2. The van der Waals surface area contributed by atoms with Crippen LogP contribution in [0.2, 0.25) is 0 Å². The molecule has 0 unspecified atom stereocenters. The van der Waals surface area contributed by atoms with E-state index in [9.17, 15) is 0 Å². The monoisotopic (exact) mass is 456 g/mol. The molecule has 0 fully saturated rings. The molecule has 0 aliphatic rings. The Morgan fingerprint density at radius 3 is 1.82 bits per heavy atom. The maximum atomic E-state index is 5.48. The van der Waals surface area contributed by atoms with Crippen LogP contribution in [0.4, 0.5) is 0 Å². The molecule has 0 saturated heterocycles. The zero-order valence-electron chi connectivity index (χ0n) is 21.2. The van der Waals surface area contributed by atoms with Crippen molar-refractivity contribution in [2.45, 2.75) is 66.2 Å². The number of pyridine rings is 2. The summed E-state index contributed by atoms with van der Waals surface area (Å²) >= 11 is 0. The van der Waals surface area contributed by atoms with Crippen molar-refractivity contribution in [1.29, 1.82) is 0 Å². The lowest BCUT2D eigenvalue weighted by Gasteiger charge is -2.18. The SMILES string of the molecule is Cc1noc2c(C(C)(C)C)nc(-c3ccccc3)cc12.Cc1noc2c(C(C)(C)C)nccc12. The molecule has 0 bridgehead atoms. The van der Waals surface area contributed by atoms with E-state index in [0.717, 1.165) is 56.0 Å². The second-order valence-corrected chi connectivity index (χ2v) is 10.7. The van der Waals surface area contributed by atoms with Crippen molar-refractivity contribution in [3.63, 3.8) is 0 Å². The van der Waals surface area contributed by atoms with E-state index < -0.39 is 0 Å². The molecule has 1 aromatic carbocycles. The number of aryl methyl sites for hydroxylation is 2. The van der Waals surface area contributed by atoms with Gasteiger partial charge < -0.3 is 9.05 Å². The van der Waals surface area contributed by atoms with Gasteiger partial charge in [0, 0.05) is 33.4 Å². The average molecular weight is 457 g/mol. The van der Waals surface area contributed by atoms with Crippen LogP contribution in [0.15, 0.2) is 57.7 Å². The molecule has 4 aromatic heterocycles. The van der Waals surface area contributed by atoms with Gasteiger partial charge in [0.1, 0.15) is 0 Å². The largest absolute Gasteiger partial charge is 0.354 e. The summed E-state index contributed by atoms with van der Waals surface area (Å²) in [5.74, 6) is 0. The molecule has 34 heavy (non-hydrogen) atoms. The number of rotatable bonds is 1. The van der Waals surface area contributed by atoms with E-state index >= 15 is 0 Å². The van der Waals surface area contributed by atoms with Gasteiger partial charge in [-0.25, -0.2) is 4.98 Å². The third kappa shape index (κ3) is 4.58. The van der Waals surface area contributed by atoms with Gasteiger partial charge in [-0.2, -0.15) is 0 Å². The van der Waals surface area contributed by atoms with Crippen LogP contribution in [-0.2, 0) is 10.8 Å². The Bertz CT molecular complexity index is 1430. The highest BCUT2D eigenvalue weighted by Crippen LogP contribution is 2.33. The fraction of sp³-hybridized carbons (Fsp3) is 0.357. The number of fused-ring (bicyclic) bond motifs is 2. The Hall–Kier alpha value is -3.54. The Morgan fingerprint density at radius 2 is 1.24 bits per heavy atom. The molecule has 0 radical (unpaired) electrons. The highest BCUT2D eigenvalue weighted by molar-refractivity contribution is 5.86. The maximum Gasteiger partial charge on any atom is 0.189 e. The predicted octanol–water partition coefficient (Wildman–Crippen LogP) is 7.32. The first-order valence-corrected chi connectivity index (χ1v) is 11.5. The molecule has 0 aliphatic carbocycles. The summed E-state index contributed by atoms with van der Waals surface area (Å²) in [6.45, 7) is 16.7. The molecule has 6 heteroatoms. The number of hydrogen-bond acceptors (Lipinski definition) is 6. The van der Waals surface area contributed by atoms with Gasteiger partial charge in [0.2, 0.25) is 0 Å². The van der Waals surface area contributed by atoms with Crippen molar-refractivity contribution in [3.8, 4) is 11.3 Å². The zero-order chi connectivity index (χ0) is 24.7. The fourth-order valence-corrected chi connectivity index (χ4v) is 3.85. The van der Waals surface area contributed by atoms with Crippen molar-refractivity contribution in [2.24, 2.45) is 0 Å². The van der Waals surface area contributed by atoms with Crippen molar-refractivity contribution >= 4 is 21.9 Å². The van der Waals surface area contributed by atoms with Crippen LogP contribution in [0.3, 0.4) is 0 Å². The van der Waals surface area contributed by atoms with Gasteiger partial charge >= 0.3 is 0 Å². The van der Waals surface area contributed by atoms with E-state index in [1.165, 1.54) is 0 Å². The van der Waals surface area contributed by atoms with Crippen LogP contribution in [0.25, 0.3) is 33.2 Å². The number of benzene rings is 1. The first-order valence-electron chi connectivity index (χ1n) is 11.5. The first-order chi connectivity index (χ1) is 16.0. The summed E-state index contributed by atoms with van der Waals surface area (Å²) in [4.78, 5) is 9.18. The number of nitrogens with zero attached hydrogens (tertiary/aromatic N) is 4. The summed E-state index contributed by atoms with van der Waals surface area (Å²) in [5, 5.41) is 10.1. The lowest BCUT2D eigenvalue weighted by molar-refractivity contribution is 0.437. The standard InChI is InChI=1S/C17H18N2O.C11H14N2O/c1-11-13-10-14(12-8-6-5-7-9-12)18-16(17(2,3)4)15(13)20-19-11;1-7-8-5-6-12-10(11(2,3)4)9(8)14-13-7/h5-10H,1-4H3;5-6H,1-4H3. The minimum absolute atomic E-state index is 0.00845. The van der Waals surface area contributed by atoms with Crippen LogP contribution in [0, 0.1) is 13.8 Å². The fourth-order valence-electron chi connectivity index (χ4n) is 3.85. The second kappa shape index (κ2) is 8.67. The van der Waals surface area contributed by atoms with Crippen molar-refractivity contribution in [1.82, 2.24) is 20.3 Å². The van der Waals surface area contributed by atoms with Gasteiger partial charge in [-0.1, -0.05) is 82.2 Å². The maximum absolute atomic E-state index is 5.48. The average Bonchev–Trinajstić information content (AvgIpc) is 3.35. The smallest absolute Gasteiger partial charge is 0.189 e. The lowest BCUT2D eigenvalue weighted by Crippen LogP contribution is -2.14. The van der Waals surface area contributed by atoms with Gasteiger partial charge in [0.15, 0.2) is 11.2 Å². The van der Waals surface area contributed by atoms with Gasteiger partial charge in [-0.3, -0.25) is 4.98 Å². The van der Waals surface area contributed by atoms with E-state index in [1.54, 1.807) is 0 Å². The molecule has 0 spiro atoms. The summed E-state index contributed by atoms with van der Waals surface area (Å²) < 4.78 is 10.8. The van der Waals surface area contributed by atoms with Crippen LogP contribution < -0.4 is 0 Å². The van der Waals surface area contributed by atoms with E-state index in [2.05, 4.69) is 75.0 Å².